The maximum Gasteiger partial charge on any atom is 0.244 e. The molecule has 0 aliphatic heterocycles. The Morgan fingerprint density at radius 3 is 2.80 bits per heavy atom. The van der Waals surface area contributed by atoms with Gasteiger partial charge in [-0.3, -0.25) is 4.79 Å². The van der Waals surface area contributed by atoms with Gasteiger partial charge in [0.05, 0.1) is 10.0 Å². The summed E-state index contributed by atoms with van der Waals surface area (Å²) in [5.74, 6) is -0.0799. The van der Waals surface area contributed by atoms with Crippen LogP contribution in [0, 0.1) is 5.41 Å². The van der Waals surface area contributed by atoms with E-state index in [0.717, 1.165) is 24.8 Å². The average Bonchev–Trinajstić information content (AvgIpc) is 2.70. The van der Waals surface area contributed by atoms with E-state index in [9.17, 15) is 4.79 Å². The topological polar surface area (TPSA) is 29.1 Å². The number of hydrogen-bond donors (Lipinski definition) is 1. The molecule has 4 heteroatoms. The maximum absolute atomic E-state index is 11.9. The zero-order valence-corrected chi connectivity index (χ0v) is 13.3. The summed E-state index contributed by atoms with van der Waals surface area (Å²) < 4.78 is 0. The molecule has 0 spiro atoms. The highest BCUT2D eigenvalue weighted by Crippen LogP contribution is 2.36. The second-order valence-corrected chi connectivity index (χ2v) is 6.87. The van der Waals surface area contributed by atoms with E-state index in [1.54, 1.807) is 12.1 Å². The van der Waals surface area contributed by atoms with Crippen LogP contribution in [0.3, 0.4) is 0 Å². The lowest BCUT2D eigenvalue weighted by Gasteiger charge is -2.17. The third-order valence-corrected chi connectivity index (χ3v) is 4.54. The Labute approximate surface area is 130 Å². The second-order valence-electron chi connectivity index (χ2n) is 6.09. The van der Waals surface area contributed by atoms with Crippen molar-refractivity contribution in [2.24, 2.45) is 5.41 Å². The van der Waals surface area contributed by atoms with Crippen LogP contribution in [0.2, 0.25) is 10.0 Å². The first-order chi connectivity index (χ1) is 9.37. The van der Waals surface area contributed by atoms with Gasteiger partial charge >= 0.3 is 0 Å². The molecule has 1 aromatic rings. The van der Waals surface area contributed by atoms with Crippen molar-refractivity contribution in [3.63, 3.8) is 0 Å². The number of carbonyl (C=O) groups excluding carboxylic acids is 1. The van der Waals surface area contributed by atoms with Gasteiger partial charge in [-0.2, -0.15) is 0 Å². The molecule has 1 N–H and O–H groups in total. The number of benzene rings is 1. The molecule has 0 heterocycles. The lowest BCUT2D eigenvalue weighted by Crippen LogP contribution is -2.32. The van der Waals surface area contributed by atoms with Crippen molar-refractivity contribution < 1.29 is 4.79 Å². The molecule has 1 unspecified atom stereocenters. The van der Waals surface area contributed by atoms with Gasteiger partial charge in [-0.1, -0.05) is 49.2 Å². The summed E-state index contributed by atoms with van der Waals surface area (Å²) in [6.45, 7) is 4.47. The molecule has 1 amide bonds. The summed E-state index contributed by atoms with van der Waals surface area (Å²) in [7, 11) is 0. The number of nitrogens with one attached hydrogen (secondary N) is 1. The molecule has 1 aromatic carbocycles. The third-order valence-electron chi connectivity index (χ3n) is 3.71. The Kier molecular flexibility index (Phi) is 4.77. The Balaban J connectivity index is 1.95. The smallest absolute Gasteiger partial charge is 0.244 e. The molecule has 1 fully saturated rings. The standard InChI is InChI=1S/C16H19Cl2NO/c1-16(2)9-8-12(10-16)19-14(20)7-6-11-4-3-5-13(17)15(11)18/h3-7,12H,8-10H2,1-2H3,(H,19,20)/b7-6+. The second kappa shape index (κ2) is 6.19. The Hall–Kier alpha value is -0.990. The Bertz CT molecular complexity index is 537. The van der Waals surface area contributed by atoms with Crippen LogP contribution < -0.4 is 5.32 Å². The molecule has 2 rings (SSSR count). The van der Waals surface area contributed by atoms with Crippen molar-refractivity contribution in [2.75, 3.05) is 0 Å². The van der Waals surface area contributed by atoms with Gasteiger partial charge in [-0.15, -0.1) is 0 Å². The molecule has 1 aliphatic rings. The zero-order chi connectivity index (χ0) is 14.8. The van der Waals surface area contributed by atoms with E-state index in [1.807, 2.05) is 12.1 Å². The molecule has 1 saturated carbocycles. The summed E-state index contributed by atoms with van der Waals surface area (Å²) >= 11 is 12.0. The van der Waals surface area contributed by atoms with Crippen LogP contribution >= 0.6 is 23.2 Å². The quantitative estimate of drug-likeness (QED) is 0.805. The molecule has 108 valence electrons. The van der Waals surface area contributed by atoms with Crippen molar-refractivity contribution in [2.45, 2.75) is 39.2 Å². The molecule has 1 atom stereocenters. The SMILES string of the molecule is CC1(C)CCC(NC(=O)/C=C/c2cccc(Cl)c2Cl)C1. The molecule has 0 saturated heterocycles. The predicted octanol–water partition coefficient (Wildman–Crippen LogP) is 4.70. The van der Waals surface area contributed by atoms with Gasteiger partial charge in [0.25, 0.3) is 0 Å². The van der Waals surface area contributed by atoms with Crippen LogP contribution in [0.15, 0.2) is 24.3 Å². The number of amides is 1. The monoisotopic (exact) mass is 311 g/mol. The lowest BCUT2D eigenvalue weighted by atomic mass is 9.92. The van der Waals surface area contributed by atoms with Crippen molar-refractivity contribution in [1.29, 1.82) is 0 Å². The van der Waals surface area contributed by atoms with Gasteiger partial charge in [0.1, 0.15) is 0 Å². The van der Waals surface area contributed by atoms with Gasteiger partial charge in [0.2, 0.25) is 5.91 Å². The highest BCUT2D eigenvalue weighted by Gasteiger charge is 2.31. The van der Waals surface area contributed by atoms with E-state index in [2.05, 4.69) is 19.2 Å². The van der Waals surface area contributed by atoms with E-state index in [0.29, 0.717) is 15.5 Å². The molecule has 20 heavy (non-hydrogen) atoms. The fourth-order valence-electron chi connectivity index (χ4n) is 2.62. The predicted molar refractivity (Wildman–Crippen MR) is 85.1 cm³/mol. The lowest BCUT2D eigenvalue weighted by molar-refractivity contribution is -0.117. The fourth-order valence-corrected chi connectivity index (χ4v) is 2.99. The summed E-state index contributed by atoms with van der Waals surface area (Å²) in [6, 6.07) is 5.64. The molecule has 2 nitrogen and oxygen atoms in total. The van der Waals surface area contributed by atoms with Gasteiger partial charge in [-0.05, 0) is 42.4 Å². The van der Waals surface area contributed by atoms with E-state index >= 15 is 0 Å². The van der Waals surface area contributed by atoms with Gasteiger partial charge in [0.15, 0.2) is 0 Å². The molecule has 1 aliphatic carbocycles. The maximum atomic E-state index is 11.9. The van der Waals surface area contributed by atoms with Crippen LogP contribution in [0.5, 0.6) is 0 Å². The minimum absolute atomic E-state index is 0.0799. The summed E-state index contributed by atoms with van der Waals surface area (Å²) in [6.07, 6.45) is 6.45. The van der Waals surface area contributed by atoms with Crippen LogP contribution in [-0.4, -0.2) is 11.9 Å². The van der Waals surface area contributed by atoms with Crippen LogP contribution in [0.1, 0.15) is 38.7 Å². The average molecular weight is 312 g/mol. The largest absolute Gasteiger partial charge is 0.350 e. The first kappa shape index (κ1) is 15.4. The van der Waals surface area contributed by atoms with Gasteiger partial charge in [0, 0.05) is 12.1 Å². The Morgan fingerprint density at radius 1 is 1.40 bits per heavy atom. The van der Waals surface area contributed by atoms with Crippen LogP contribution in [0.25, 0.3) is 6.08 Å². The third kappa shape index (κ3) is 4.00. The van der Waals surface area contributed by atoms with Crippen LogP contribution in [-0.2, 0) is 4.79 Å². The molecular formula is C16H19Cl2NO. The first-order valence-electron chi connectivity index (χ1n) is 6.80. The van der Waals surface area contributed by atoms with E-state index in [-0.39, 0.29) is 11.9 Å². The van der Waals surface area contributed by atoms with E-state index < -0.39 is 0 Å². The van der Waals surface area contributed by atoms with Crippen molar-refractivity contribution in [1.82, 2.24) is 5.32 Å². The number of hydrogen-bond acceptors (Lipinski definition) is 1. The van der Waals surface area contributed by atoms with Crippen molar-refractivity contribution >= 4 is 35.2 Å². The summed E-state index contributed by atoms with van der Waals surface area (Å²) in [5, 5.41) is 4.00. The van der Waals surface area contributed by atoms with Gasteiger partial charge in [-0.25, -0.2) is 0 Å². The first-order valence-corrected chi connectivity index (χ1v) is 7.55. The molecule has 0 bridgehead atoms. The minimum Gasteiger partial charge on any atom is -0.350 e. The zero-order valence-electron chi connectivity index (χ0n) is 11.7. The minimum atomic E-state index is -0.0799. The molecule has 0 aromatic heterocycles. The summed E-state index contributed by atoms with van der Waals surface area (Å²) in [4.78, 5) is 11.9. The van der Waals surface area contributed by atoms with E-state index in [1.165, 1.54) is 6.08 Å². The number of rotatable bonds is 3. The number of halogens is 2. The Morgan fingerprint density at radius 2 is 2.15 bits per heavy atom. The highest BCUT2D eigenvalue weighted by molar-refractivity contribution is 6.42. The van der Waals surface area contributed by atoms with Gasteiger partial charge < -0.3 is 5.32 Å². The highest BCUT2D eigenvalue weighted by atomic mass is 35.5. The van der Waals surface area contributed by atoms with Crippen LogP contribution in [0.4, 0.5) is 0 Å². The normalized spacial score (nSPS) is 21.3. The van der Waals surface area contributed by atoms with Crippen molar-refractivity contribution in [3.8, 4) is 0 Å². The fraction of sp³-hybridized carbons (Fsp3) is 0.438. The van der Waals surface area contributed by atoms with E-state index in [4.69, 9.17) is 23.2 Å². The molecule has 0 radical (unpaired) electrons. The summed E-state index contributed by atoms with van der Waals surface area (Å²) in [5.41, 5.74) is 1.08. The number of carbonyl (C=O) groups is 1. The van der Waals surface area contributed by atoms with Crippen molar-refractivity contribution in [3.05, 3.63) is 39.9 Å². The molecular weight excluding hydrogens is 293 g/mol.